The van der Waals surface area contributed by atoms with E-state index in [-0.39, 0.29) is 10.5 Å². The molecule has 0 saturated heterocycles. The molecule has 0 aliphatic rings. The van der Waals surface area contributed by atoms with Crippen molar-refractivity contribution in [2.75, 3.05) is 11.6 Å². The van der Waals surface area contributed by atoms with Crippen molar-refractivity contribution in [2.45, 2.75) is 11.4 Å². The Labute approximate surface area is 173 Å². The lowest BCUT2D eigenvalue weighted by molar-refractivity contribution is 0.602. The Balaban J connectivity index is 1.82. The number of aromatic nitrogens is 4. The van der Waals surface area contributed by atoms with Gasteiger partial charge in [-0.25, -0.2) is 18.4 Å². The monoisotopic (exact) mass is 421 g/mol. The van der Waals surface area contributed by atoms with Crippen LogP contribution in [0.25, 0.3) is 22.2 Å². The largest absolute Gasteiger partial charge is 0.365 e. The maximum atomic E-state index is 12.7. The first-order chi connectivity index (χ1) is 14.3. The fraction of sp³-hybridized carbons (Fsp3) is 0.143. The van der Waals surface area contributed by atoms with E-state index in [1.54, 1.807) is 37.6 Å². The second-order valence-corrected chi connectivity index (χ2v) is 8.93. The summed E-state index contributed by atoms with van der Waals surface area (Å²) in [6, 6.07) is 11.9. The maximum absolute atomic E-state index is 12.7. The molecule has 152 valence electrons. The van der Waals surface area contributed by atoms with Gasteiger partial charge in [-0.2, -0.15) is 0 Å². The lowest BCUT2D eigenvalue weighted by atomic mass is 10.1. The number of fused-ring (bicyclic) bond motifs is 1. The Bertz CT molecular complexity index is 1380. The van der Waals surface area contributed by atoms with Crippen LogP contribution in [-0.4, -0.2) is 34.2 Å². The van der Waals surface area contributed by atoms with E-state index in [4.69, 9.17) is 0 Å². The molecule has 0 atom stereocenters. The normalized spacial score (nSPS) is 11.5. The van der Waals surface area contributed by atoms with Crippen LogP contribution in [0.4, 0.5) is 5.82 Å². The van der Waals surface area contributed by atoms with Crippen LogP contribution in [0.2, 0.25) is 0 Å². The number of anilines is 1. The third-order valence-corrected chi connectivity index (χ3v) is 5.82. The van der Waals surface area contributed by atoms with Gasteiger partial charge in [0.05, 0.1) is 22.4 Å². The van der Waals surface area contributed by atoms with Crippen molar-refractivity contribution >= 4 is 26.6 Å². The summed E-state index contributed by atoms with van der Waals surface area (Å²) in [5, 5.41) is 3.62. The molecule has 0 aliphatic carbocycles. The number of hydrogen-bond donors (Lipinski definition) is 1. The van der Waals surface area contributed by atoms with Crippen LogP contribution in [0.15, 0.2) is 70.9 Å². The van der Waals surface area contributed by atoms with E-state index in [1.807, 2.05) is 12.1 Å². The number of nitrogens with zero attached hydrogens (tertiary/aromatic N) is 4. The highest BCUT2D eigenvalue weighted by Crippen LogP contribution is 2.26. The highest BCUT2D eigenvalue weighted by molar-refractivity contribution is 7.90. The lowest BCUT2D eigenvalue weighted by Crippen LogP contribution is -2.19. The fourth-order valence-electron chi connectivity index (χ4n) is 3.06. The predicted octanol–water partition coefficient (Wildman–Crippen LogP) is 2.41. The Hall–Kier alpha value is -3.59. The van der Waals surface area contributed by atoms with Crippen LogP contribution in [0, 0.1) is 0 Å². The SMILES string of the molecule is Cn1cnc2cc(-c3ccc(S(C)(=O)=O)cc3)nc(NCc3ccncc3)c2c1=O. The van der Waals surface area contributed by atoms with Crippen LogP contribution >= 0.6 is 0 Å². The van der Waals surface area contributed by atoms with Gasteiger partial charge in [0.15, 0.2) is 9.84 Å². The first kappa shape index (κ1) is 19.7. The number of benzene rings is 1. The van der Waals surface area contributed by atoms with E-state index >= 15 is 0 Å². The van der Waals surface area contributed by atoms with Gasteiger partial charge in [-0.1, -0.05) is 12.1 Å². The van der Waals surface area contributed by atoms with Gasteiger partial charge in [-0.3, -0.25) is 9.78 Å². The summed E-state index contributed by atoms with van der Waals surface area (Å²) < 4.78 is 24.8. The number of nitrogens with one attached hydrogen (secondary N) is 1. The van der Waals surface area contributed by atoms with E-state index in [0.29, 0.717) is 29.0 Å². The summed E-state index contributed by atoms with van der Waals surface area (Å²) in [6.07, 6.45) is 6.02. The highest BCUT2D eigenvalue weighted by atomic mass is 32.2. The number of sulfone groups is 1. The molecular formula is C21H19N5O3S. The molecule has 0 aliphatic heterocycles. The Morgan fingerprint density at radius 1 is 1.07 bits per heavy atom. The molecule has 1 aromatic carbocycles. The minimum absolute atomic E-state index is 0.205. The molecule has 4 rings (SSSR count). The summed E-state index contributed by atoms with van der Waals surface area (Å²) in [5.41, 5.74) is 2.60. The summed E-state index contributed by atoms with van der Waals surface area (Å²) in [7, 11) is -1.65. The summed E-state index contributed by atoms with van der Waals surface area (Å²) in [5.74, 6) is 0.417. The molecule has 0 unspecified atom stereocenters. The number of aryl methyl sites for hydroxylation is 1. The standard InChI is InChI=1S/C21H19N5O3S/c1-26-13-24-18-11-17(15-3-5-16(6-4-15)30(2,28)29)25-20(19(18)21(26)27)23-12-14-7-9-22-10-8-14/h3-11,13H,12H2,1-2H3,(H,23,25). The van der Waals surface area contributed by atoms with Crippen molar-refractivity contribution in [1.29, 1.82) is 0 Å². The number of rotatable bonds is 5. The van der Waals surface area contributed by atoms with Crippen LogP contribution in [0.5, 0.6) is 0 Å². The zero-order chi connectivity index (χ0) is 21.3. The van der Waals surface area contributed by atoms with Gasteiger partial charge in [0.2, 0.25) is 0 Å². The molecule has 0 bridgehead atoms. The average Bonchev–Trinajstić information content (AvgIpc) is 2.74. The molecule has 8 nitrogen and oxygen atoms in total. The molecule has 3 heterocycles. The van der Waals surface area contributed by atoms with Crippen molar-refractivity contribution in [3.63, 3.8) is 0 Å². The van der Waals surface area contributed by atoms with Crippen molar-refractivity contribution in [3.8, 4) is 11.3 Å². The zero-order valence-electron chi connectivity index (χ0n) is 16.4. The topological polar surface area (TPSA) is 107 Å². The quantitative estimate of drug-likeness (QED) is 0.527. The minimum atomic E-state index is -3.29. The fourth-order valence-corrected chi connectivity index (χ4v) is 3.69. The van der Waals surface area contributed by atoms with Gasteiger partial charge >= 0.3 is 0 Å². The first-order valence-electron chi connectivity index (χ1n) is 9.12. The third kappa shape index (κ3) is 3.92. The number of hydrogen-bond acceptors (Lipinski definition) is 7. The van der Waals surface area contributed by atoms with Gasteiger partial charge in [-0.05, 0) is 35.9 Å². The van der Waals surface area contributed by atoms with Crippen LogP contribution in [0.1, 0.15) is 5.56 Å². The molecule has 0 radical (unpaired) electrons. The molecule has 0 fully saturated rings. The average molecular weight is 421 g/mol. The molecule has 4 aromatic rings. The van der Waals surface area contributed by atoms with Crippen molar-refractivity contribution in [2.24, 2.45) is 7.05 Å². The highest BCUT2D eigenvalue weighted by Gasteiger charge is 2.14. The molecule has 3 aromatic heterocycles. The van der Waals surface area contributed by atoms with Gasteiger partial charge in [0.25, 0.3) is 5.56 Å². The summed E-state index contributed by atoms with van der Waals surface area (Å²) in [4.78, 5) is 26.0. The van der Waals surface area contributed by atoms with E-state index in [2.05, 4.69) is 20.3 Å². The smallest absolute Gasteiger partial charge is 0.264 e. The van der Waals surface area contributed by atoms with Crippen molar-refractivity contribution < 1.29 is 8.42 Å². The Morgan fingerprint density at radius 2 is 1.77 bits per heavy atom. The Morgan fingerprint density at radius 3 is 2.43 bits per heavy atom. The van der Waals surface area contributed by atoms with Crippen molar-refractivity contribution in [3.05, 3.63) is 77.1 Å². The van der Waals surface area contributed by atoms with Crippen molar-refractivity contribution in [1.82, 2.24) is 19.5 Å². The van der Waals surface area contributed by atoms with E-state index in [1.165, 1.54) is 23.0 Å². The lowest BCUT2D eigenvalue weighted by Gasteiger charge is -2.12. The molecule has 0 saturated carbocycles. The maximum Gasteiger partial charge on any atom is 0.264 e. The van der Waals surface area contributed by atoms with E-state index in [0.717, 1.165) is 17.4 Å². The van der Waals surface area contributed by atoms with Gasteiger partial charge < -0.3 is 9.88 Å². The molecule has 0 spiro atoms. The summed E-state index contributed by atoms with van der Waals surface area (Å²) in [6.45, 7) is 0.457. The molecular weight excluding hydrogens is 402 g/mol. The van der Waals surface area contributed by atoms with Crippen LogP contribution < -0.4 is 10.9 Å². The van der Waals surface area contributed by atoms with Gasteiger partial charge in [0, 0.05) is 37.8 Å². The molecule has 30 heavy (non-hydrogen) atoms. The minimum Gasteiger partial charge on any atom is -0.365 e. The second-order valence-electron chi connectivity index (χ2n) is 6.92. The third-order valence-electron chi connectivity index (χ3n) is 4.69. The van der Waals surface area contributed by atoms with Crippen LogP contribution in [-0.2, 0) is 23.4 Å². The van der Waals surface area contributed by atoms with Crippen LogP contribution in [0.3, 0.4) is 0 Å². The van der Waals surface area contributed by atoms with E-state index in [9.17, 15) is 13.2 Å². The van der Waals surface area contributed by atoms with E-state index < -0.39 is 9.84 Å². The van der Waals surface area contributed by atoms with Gasteiger partial charge in [0.1, 0.15) is 11.2 Å². The molecule has 0 amide bonds. The zero-order valence-corrected chi connectivity index (χ0v) is 17.2. The molecule has 9 heteroatoms. The Kier molecular flexibility index (Phi) is 5.04. The second kappa shape index (κ2) is 7.68. The summed E-state index contributed by atoms with van der Waals surface area (Å²) >= 11 is 0. The van der Waals surface area contributed by atoms with Gasteiger partial charge in [-0.15, -0.1) is 0 Å². The number of pyridine rings is 2. The predicted molar refractivity (Wildman–Crippen MR) is 115 cm³/mol. The molecule has 1 N–H and O–H groups in total. The first-order valence-corrected chi connectivity index (χ1v) is 11.0.